The van der Waals surface area contributed by atoms with E-state index in [2.05, 4.69) is 36.5 Å². The van der Waals surface area contributed by atoms with Gasteiger partial charge in [0.25, 0.3) is 0 Å². The molecule has 2 aromatic carbocycles. The molecule has 0 fully saturated rings. The van der Waals surface area contributed by atoms with Gasteiger partial charge in [0.2, 0.25) is 0 Å². The Morgan fingerprint density at radius 2 is 1.80 bits per heavy atom. The molecule has 106 valence electrons. The number of nitrogens with one attached hydrogen (secondary N) is 1. The van der Waals surface area contributed by atoms with Gasteiger partial charge < -0.3 is 14.8 Å². The monoisotopic (exact) mass is 271 g/mol. The number of aryl methyl sites for hydroxylation is 1. The van der Waals surface area contributed by atoms with E-state index in [9.17, 15) is 0 Å². The largest absolute Gasteiger partial charge is 0.493 e. The molecule has 0 aliphatic rings. The maximum Gasteiger partial charge on any atom is 0.165 e. The second kappa shape index (κ2) is 6.85. The van der Waals surface area contributed by atoms with Crippen molar-refractivity contribution < 1.29 is 9.47 Å². The molecule has 0 unspecified atom stereocenters. The van der Waals surface area contributed by atoms with E-state index < -0.39 is 0 Å². The third kappa shape index (κ3) is 3.23. The Morgan fingerprint density at radius 1 is 1.00 bits per heavy atom. The molecule has 3 nitrogen and oxygen atoms in total. The second-order valence-corrected chi connectivity index (χ2v) is 4.56. The SMILES string of the molecule is CCc1cccc(NCc2cccc(OC)c2OC)c1. The molecule has 0 saturated heterocycles. The number of hydrogen-bond acceptors (Lipinski definition) is 3. The van der Waals surface area contributed by atoms with Gasteiger partial charge in [-0.3, -0.25) is 0 Å². The van der Waals surface area contributed by atoms with E-state index in [-0.39, 0.29) is 0 Å². The summed E-state index contributed by atoms with van der Waals surface area (Å²) in [5.41, 5.74) is 3.52. The van der Waals surface area contributed by atoms with E-state index in [4.69, 9.17) is 9.47 Å². The van der Waals surface area contributed by atoms with Crippen molar-refractivity contribution in [2.75, 3.05) is 19.5 Å². The first-order valence-corrected chi connectivity index (χ1v) is 6.81. The van der Waals surface area contributed by atoms with Crippen molar-refractivity contribution in [3.63, 3.8) is 0 Å². The molecule has 1 N–H and O–H groups in total. The van der Waals surface area contributed by atoms with E-state index in [0.29, 0.717) is 6.54 Å². The van der Waals surface area contributed by atoms with Gasteiger partial charge in [0.15, 0.2) is 11.5 Å². The number of rotatable bonds is 6. The molecule has 0 aliphatic heterocycles. The maximum absolute atomic E-state index is 5.44. The van der Waals surface area contributed by atoms with Crippen molar-refractivity contribution in [1.29, 1.82) is 0 Å². The molecule has 2 aromatic rings. The van der Waals surface area contributed by atoms with Crippen LogP contribution in [0, 0.1) is 0 Å². The second-order valence-electron chi connectivity index (χ2n) is 4.56. The van der Waals surface area contributed by atoms with Crippen LogP contribution in [0.15, 0.2) is 42.5 Å². The maximum atomic E-state index is 5.44. The normalized spacial score (nSPS) is 10.2. The quantitative estimate of drug-likeness (QED) is 0.865. The van der Waals surface area contributed by atoms with Gasteiger partial charge in [0.05, 0.1) is 14.2 Å². The van der Waals surface area contributed by atoms with Crippen LogP contribution < -0.4 is 14.8 Å². The summed E-state index contributed by atoms with van der Waals surface area (Å²) >= 11 is 0. The van der Waals surface area contributed by atoms with Gasteiger partial charge in [-0.1, -0.05) is 31.2 Å². The van der Waals surface area contributed by atoms with E-state index in [1.165, 1.54) is 5.56 Å². The number of benzene rings is 2. The summed E-state index contributed by atoms with van der Waals surface area (Å²) < 4.78 is 10.7. The molecular formula is C17H21NO2. The smallest absolute Gasteiger partial charge is 0.165 e. The fourth-order valence-corrected chi connectivity index (χ4v) is 2.19. The van der Waals surface area contributed by atoms with Crippen LogP contribution in [-0.2, 0) is 13.0 Å². The number of ether oxygens (including phenoxy) is 2. The molecule has 0 saturated carbocycles. The topological polar surface area (TPSA) is 30.5 Å². The number of methoxy groups -OCH3 is 2. The van der Waals surface area contributed by atoms with Crippen molar-refractivity contribution in [3.05, 3.63) is 53.6 Å². The Hall–Kier alpha value is -2.16. The Bertz CT molecular complexity index is 567. The summed E-state index contributed by atoms with van der Waals surface area (Å²) in [4.78, 5) is 0. The zero-order chi connectivity index (χ0) is 14.4. The lowest BCUT2D eigenvalue weighted by atomic mass is 10.1. The van der Waals surface area contributed by atoms with E-state index >= 15 is 0 Å². The summed E-state index contributed by atoms with van der Waals surface area (Å²) in [6.07, 6.45) is 1.04. The van der Waals surface area contributed by atoms with Crippen molar-refractivity contribution in [2.24, 2.45) is 0 Å². The van der Waals surface area contributed by atoms with Gasteiger partial charge in [-0.2, -0.15) is 0 Å². The van der Waals surface area contributed by atoms with Crippen LogP contribution >= 0.6 is 0 Å². The Labute approximate surface area is 120 Å². The average Bonchev–Trinajstić information content (AvgIpc) is 2.52. The Balaban J connectivity index is 2.14. The number of para-hydroxylation sites is 1. The first-order chi connectivity index (χ1) is 9.78. The molecular weight excluding hydrogens is 250 g/mol. The number of hydrogen-bond donors (Lipinski definition) is 1. The summed E-state index contributed by atoms with van der Waals surface area (Å²) in [6, 6.07) is 14.4. The van der Waals surface area contributed by atoms with Crippen LogP contribution in [0.3, 0.4) is 0 Å². The molecule has 0 aromatic heterocycles. The minimum Gasteiger partial charge on any atom is -0.493 e. The number of anilines is 1. The molecule has 0 amide bonds. The average molecular weight is 271 g/mol. The summed E-state index contributed by atoms with van der Waals surface area (Å²) in [7, 11) is 3.32. The minimum atomic E-state index is 0.702. The van der Waals surface area contributed by atoms with Gasteiger partial charge >= 0.3 is 0 Å². The zero-order valence-electron chi connectivity index (χ0n) is 12.3. The predicted octanol–water partition coefficient (Wildman–Crippen LogP) is 3.88. The van der Waals surface area contributed by atoms with Crippen molar-refractivity contribution >= 4 is 5.69 Å². The van der Waals surface area contributed by atoms with E-state index in [1.54, 1.807) is 14.2 Å². The standard InChI is InChI=1S/C17H21NO2/c1-4-13-7-5-9-15(11-13)18-12-14-8-6-10-16(19-2)17(14)20-3/h5-11,18H,4,12H2,1-3H3. The van der Waals surface area contributed by atoms with Crippen LogP contribution in [0.4, 0.5) is 5.69 Å². The van der Waals surface area contributed by atoms with Crippen LogP contribution in [0.2, 0.25) is 0 Å². The van der Waals surface area contributed by atoms with Crippen molar-refractivity contribution in [3.8, 4) is 11.5 Å². The highest BCUT2D eigenvalue weighted by Crippen LogP contribution is 2.31. The van der Waals surface area contributed by atoms with Gasteiger partial charge in [-0.25, -0.2) is 0 Å². The molecule has 0 heterocycles. The first-order valence-electron chi connectivity index (χ1n) is 6.81. The highest BCUT2D eigenvalue weighted by atomic mass is 16.5. The lowest BCUT2D eigenvalue weighted by Gasteiger charge is -2.14. The molecule has 0 spiro atoms. The molecule has 2 rings (SSSR count). The predicted molar refractivity (Wildman–Crippen MR) is 82.7 cm³/mol. The highest BCUT2D eigenvalue weighted by molar-refractivity contribution is 5.50. The Morgan fingerprint density at radius 3 is 2.50 bits per heavy atom. The molecule has 0 radical (unpaired) electrons. The third-order valence-corrected chi connectivity index (χ3v) is 3.30. The van der Waals surface area contributed by atoms with Crippen molar-refractivity contribution in [1.82, 2.24) is 0 Å². The van der Waals surface area contributed by atoms with Crippen LogP contribution in [0.5, 0.6) is 11.5 Å². The summed E-state index contributed by atoms with van der Waals surface area (Å²) in [5.74, 6) is 1.54. The molecule has 3 heteroatoms. The zero-order valence-corrected chi connectivity index (χ0v) is 12.3. The minimum absolute atomic E-state index is 0.702. The molecule has 20 heavy (non-hydrogen) atoms. The fourth-order valence-electron chi connectivity index (χ4n) is 2.19. The summed E-state index contributed by atoms with van der Waals surface area (Å²) in [5, 5.41) is 3.43. The lowest BCUT2D eigenvalue weighted by Crippen LogP contribution is -2.03. The van der Waals surface area contributed by atoms with E-state index in [0.717, 1.165) is 29.2 Å². The molecule has 0 bridgehead atoms. The van der Waals surface area contributed by atoms with Crippen LogP contribution in [0.25, 0.3) is 0 Å². The lowest BCUT2D eigenvalue weighted by molar-refractivity contribution is 0.352. The van der Waals surface area contributed by atoms with Gasteiger partial charge in [-0.15, -0.1) is 0 Å². The van der Waals surface area contributed by atoms with Crippen LogP contribution in [0.1, 0.15) is 18.1 Å². The van der Waals surface area contributed by atoms with Gasteiger partial charge in [-0.05, 0) is 30.2 Å². The van der Waals surface area contributed by atoms with Crippen molar-refractivity contribution in [2.45, 2.75) is 19.9 Å². The summed E-state index contributed by atoms with van der Waals surface area (Å²) in [6.45, 7) is 2.86. The van der Waals surface area contributed by atoms with Crippen LogP contribution in [-0.4, -0.2) is 14.2 Å². The van der Waals surface area contributed by atoms with E-state index in [1.807, 2.05) is 18.2 Å². The molecule has 0 aliphatic carbocycles. The fraction of sp³-hybridized carbons (Fsp3) is 0.294. The first kappa shape index (κ1) is 14.3. The van der Waals surface area contributed by atoms with Gasteiger partial charge in [0.1, 0.15) is 0 Å². The third-order valence-electron chi connectivity index (χ3n) is 3.30. The highest BCUT2D eigenvalue weighted by Gasteiger charge is 2.08. The molecule has 0 atom stereocenters. The Kier molecular flexibility index (Phi) is 4.88. The van der Waals surface area contributed by atoms with Gasteiger partial charge in [0, 0.05) is 17.8 Å².